The summed E-state index contributed by atoms with van der Waals surface area (Å²) in [4.78, 5) is 1.24. The third-order valence-electron chi connectivity index (χ3n) is 2.31. The van der Waals surface area contributed by atoms with Crippen LogP contribution in [0, 0.1) is 0 Å². The molecular weight excluding hydrogens is 226 g/mol. The lowest BCUT2D eigenvalue weighted by molar-refractivity contribution is 0.682. The van der Waals surface area contributed by atoms with Crippen LogP contribution in [0.3, 0.4) is 0 Å². The molecule has 1 heterocycles. The second-order valence-corrected chi connectivity index (χ2v) is 5.03. The number of halogens is 1. The molecule has 0 saturated carbocycles. The zero-order valence-electron chi connectivity index (χ0n) is 8.72. The Balaban J connectivity index is 2.24. The number of rotatable bonds is 4. The highest BCUT2D eigenvalue weighted by molar-refractivity contribution is 7.19. The maximum absolute atomic E-state index is 6.31. The summed E-state index contributed by atoms with van der Waals surface area (Å²) in [6.07, 6.45) is 1.16. The molecule has 0 atom stereocenters. The van der Waals surface area contributed by atoms with E-state index in [1.165, 1.54) is 15.0 Å². The summed E-state index contributed by atoms with van der Waals surface area (Å²) in [5, 5.41) is 5.47. The van der Waals surface area contributed by atoms with Crippen LogP contribution in [0.4, 0.5) is 0 Å². The van der Waals surface area contributed by atoms with E-state index in [-0.39, 0.29) is 0 Å². The minimum atomic E-state index is 0.881. The molecule has 0 amide bonds. The molecule has 3 heteroatoms. The molecule has 1 nitrogen and oxygen atoms in total. The molecule has 2 rings (SSSR count). The van der Waals surface area contributed by atoms with Gasteiger partial charge in [-0.2, -0.15) is 0 Å². The molecule has 0 saturated heterocycles. The summed E-state index contributed by atoms with van der Waals surface area (Å²) in [6, 6.07) is 8.29. The molecule has 15 heavy (non-hydrogen) atoms. The lowest BCUT2D eigenvalue weighted by Crippen LogP contribution is -2.12. The number of fused-ring (bicyclic) bond motifs is 1. The normalized spacial score (nSPS) is 11.1. The summed E-state index contributed by atoms with van der Waals surface area (Å²) in [6.45, 7) is 4.09. The van der Waals surface area contributed by atoms with E-state index in [9.17, 15) is 0 Å². The molecule has 0 aliphatic carbocycles. The van der Waals surface area contributed by atoms with Gasteiger partial charge in [-0.3, -0.25) is 0 Å². The van der Waals surface area contributed by atoms with E-state index < -0.39 is 0 Å². The molecule has 0 unspecified atom stereocenters. The van der Waals surface area contributed by atoms with Crippen molar-refractivity contribution < 1.29 is 0 Å². The van der Waals surface area contributed by atoms with Crippen LogP contribution >= 0.6 is 22.9 Å². The Hall–Kier alpha value is -0.570. The van der Waals surface area contributed by atoms with Crippen LogP contribution in [-0.2, 0) is 6.54 Å². The van der Waals surface area contributed by atoms with Crippen LogP contribution in [-0.4, -0.2) is 6.54 Å². The maximum atomic E-state index is 6.31. The molecule has 0 aliphatic heterocycles. The Labute approximate surface area is 99.1 Å². The standard InChI is InChI=1S/C12H14ClNS/c1-2-7-14-8-11-12(13)9-5-3-4-6-10(9)15-11/h3-6,14H,2,7-8H2,1H3. The first-order valence-electron chi connectivity index (χ1n) is 5.19. The molecular formula is C12H14ClNS. The van der Waals surface area contributed by atoms with Crippen molar-refractivity contribution in [2.75, 3.05) is 6.54 Å². The van der Waals surface area contributed by atoms with Crippen LogP contribution in [0.25, 0.3) is 10.1 Å². The monoisotopic (exact) mass is 239 g/mol. The summed E-state index contributed by atoms with van der Waals surface area (Å²) in [5.74, 6) is 0. The molecule has 1 aromatic carbocycles. The van der Waals surface area contributed by atoms with Gasteiger partial charge in [-0.05, 0) is 19.0 Å². The first-order chi connectivity index (χ1) is 7.33. The third kappa shape index (κ3) is 2.33. The van der Waals surface area contributed by atoms with E-state index in [0.29, 0.717) is 0 Å². The van der Waals surface area contributed by atoms with Gasteiger partial charge in [0, 0.05) is 21.5 Å². The van der Waals surface area contributed by atoms with Crippen molar-refractivity contribution in [1.82, 2.24) is 5.32 Å². The van der Waals surface area contributed by atoms with E-state index >= 15 is 0 Å². The number of hydrogen-bond acceptors (Lipinski definition) is 2. The lowest BCUT2D eigenvalue weighted by atomic mass is 10.2. The Morgan fingerprint density at radius 3 is 2.87 bits per heavy atom. The minimum Gasteiger partial charge on any atom is -0.312 e. The van der Waals surface area contributed by atoms with Crippen LogP contribution in [0.2, 0.25) is 5.02 Å². The van der Waals surface area contributed by atoms with Crippen molar-refractivity contribution in [3.63, 3.8) is 0 Å². The van der Waals surface area contributed by atoms with Gasteiger partial charge in [-0.25, -0.2) is 0 Å². The molecule has 2 aromatic rings. The van der Waals surface area contributed by atoms with Gasteiger partial charge in [0.2, 0.25) is 0 Å². The molecule has 0 radical (unpaired) electrons. The molecule has 80 valence electrons. The first-order valence-corrected chi connectivity index (χ1v) is 6.39. The van der Waals surface area contributed by atoms with E-state index in [1.807, 2.05) is 6.07 Å². The Kier molecular flexibility index (Phi) is 3.62. The van der Waals surface area contributed by atoms with Gasteiger partial charge in [0.15, 0.2) is 0 Å². The largest absolute Gasteiger partial charge is 0.312 e. The second kappa shape index (κ2) is 4.97. The van der Waals surface area contributed by atoms with Gasteiger partial charge in [-0.1, -0.05) is 36.7 Å². The van der Waals surface area contributed by atoms with E-state index in [1.54, 1.807) is 11.3 Å². The van der Waals surface area contributed by atoms with Gasteiger partial charge in [0.05, 0.1) is 5.02 Å². The zero-order chi connectivity index (χ0) is 10.7. The topological polar surface area (TPSA) is 12.0 Å². The van der Waals surface area contributed by atoms with E-state index in [2.05, 4.69) is 30.4 Å². The van der Waals surface area contributed by atoms with Crippen molar-refractivity contribution in [1.29, 1.82) is 0 Å². The predicted octanol–water partition coefficient (Wildman–Crippen LogP) is 4.05. The molecule has 1 N–H and O–H groups in total. The van der Waals surface area contributed by atoms with E-state index in [4.69, 9.17) is 11.6 Å². The van der Waals surface area contributed by atoms with Crippen LogP contribution < -0.4 is 5.32 Å². The maximum Gasteiger partial charge on any atom is 0.0636 e. The van der Waals surface area contributed by atoms with E-state index in [0.717, 1.165) is 24.5 Å². The van der Waals surface area contributed by atoms with Crippen LogP contribution in [0.15, 0.2) is 24.3 Å². The molecule has 0 spiro atoms. The van der Waals surface area contributed by atoms with Gasteiger partial charge >= 0.3 is 0 Å². The Bertz CT molecular complexity index is 450. The number of benzene rings is 1. The highest BCUT2D eigenvalue weighted by atomic mass is 35.5. The van der Waals surface area contributed by atoms with Gasteiger partial charge in [0.25, 0.3) is 0 Å². The quantitative estimate of drug-likeness (QED) is 0.794. The van der Waals surface area contributed by atoms with Crippen LogP contribution in [0.5, 0.6) is 0 Å². The number of thiophene rings is 1. The first kappa shape index (κ1) is 10.9. The average molecular weight is 240 g/mol. The van der Waals surface area contributed by atoms with Crippen molar-refractivity contribution in [2.24, 2.45) is 0 Å². The summed E-state index contributed by atoms with van der Waals surface area (Å²) < 4.78 is 1.27. The van der Waals surface area contributed by atoms with Crippen molar-refractivity contribution >= 4 is 33.0 Å². The highest BCUT2D eigenvalue weighted by Gasteiger charge is 2.08. The Morgan fingerprint density at radius 1 is 1.33 bits per heavy atom. The fraction of sp³-hybridized carbons (Fsp3) is 0.333. The second-order valence-electron chi connectivity index (χ2n) is 3.51. The highest BCUT2D eigenvalue weighted by Crippen LogP contribution is 2.34. The lowest BCUT2D eigenvalue weighted by Gasteiger charge is -2.00. The minimum absolute atomic E-state index is 0.881. The smallest absolute Gasteiger partial charge is 0.0636 e. The molecule has 0 aliphatic rings. The molecule has 0 bridgehead atoms. The van der Waals surface area contributed by atoms with Gasteiger partial charge in [0.1, 0.15) is 0 Å². The summed E-state index contributed by atoms with van der Waals surface area (Å²) in [5.41, 5.74) is 0. The van der Waals surface area contributed by atoms with Crippen molar-refractivity contribution in [2.45, 2.75) is 19.9 Å². The third-order valence-corrected chi connectivity index (χ3v) is 4.03. The zero-order valence-corrected chi connectivity index (χ0v) is 10.3. The summed E-state index contributed by atoms with van der Waals surface area (Å²) >= 11 is 8.09. The average Bonchev–Trinajstić information content (AvgIpc) is 2.57. The van der Waals surface area contributed by atoms with Crippen molar-refractivity contribution in [3.05, 3.63) is 34.2 Å². The van der Waals surface area contributed by atoms with Crippen molar-refractivity contribution in [3.8, 4) is 0 Å². The molecule has 0 fully saturated rings. The summed E-state index contributed by atoms with van der Waals surface area (Å²) in [7, 11) is 0. The predicted molar refractivity (Wildman–Crippen MR) is 68.8 cm³/mol. The SMILES string of the molecule is CCCNCc1sc2ccccc2c1Cl. The number of nitrogens with one attached hydrogen (secondary N) is 1. The van der Waals surface area contributed by atoms with Gasteiger partial charge in [-0.15, -0.1) is 11.3 Å². The van der Waals surface area contributed by atoms with Gasteiger partial charge < -0.3 is 5.32 Å². The Morgan fingerprint density at radius 2 is 2.13 bits per heavy atom. The number of hydrogen-bond donors (Lipinski definition) is 1. The van der Waals surface area contributed by atoms with Crippen LogP contribution in [0.1, 0.15) is 18.2 Å². The molecule has 1 aromatic heterocycles. The fourth-order valence-electron chi connectivity index (χ4n) is 1.56. The fourth-order valence-corrected chi connectivity index (χ4v) is 3.03.